The predicted molar refractivity (Wildman–Crippen MR) is 91.5 cm³/mol. The number of hydrogen-bond donors (Lipinski definition) is 1. The Balaban J connectivity index is 6.37. The number of nitrogens with two attached hydrogens (primary N) is 1. The molecule has 2 N–H and O–H groups in total. The number of nitrogens with zero attached hydrogens (tertiary/aromatic N) is 4. The summed E-state index contributed by atoms with van der Waals surface area (Å²) in [5.41, 5.74) is -0.0787. The second-order valence-corrected chi connectivity index (χ2v) is 11.0. The Kier molecular flexibility index (Phi) is 6.47. The Morgan fingerprint density at radius 2 is 1.25 bits per heavy atom. The van der Waals surface area contributed by atoms with E-state index in [0.29, 0.717) is 6.04 Å². The molecule has 0 fully saturated rings. The van der Waals surface area contributed by atoms with E-state index in [1.165, 1.54) is 0 Å². The highest BCUT2D eigenvalue weighted by Crippen LogP contribution is 2.62. The molecule has 0 aliphatic carbocycles. The van der Waals surface area contributed by atoms with Crippen molar-refractivity contribution >= 4 is 7.51 Å². The lowest BCUT2D eigenvalue weighted by molar-refractivity contribution is 0.122. The first-order valence-electron chi connectivity index (χ1n) is 7.26. The van der Waals surface area contributed by atoms with Crippen LogP contribution in [0.3, 0.4) is 0 Å². The van der Waals surface area contributed by atoms with Crippen LogP contribution in [-0.2, 0) is 0 Å². The van der Waals surface area contributed by atoms with Crippen LogP contribution in [0.1, 0.15) is 55.4 Å². The molecule has 6 heteroatoms. The molecule has 0 amide bonds. The summed E-state index contributed by atoms with van der Waals surface area (Å²) in [4.78, 5) is 4.46. The van der Waals surface area contributed by atoms with Gasteiger partial charge in [0.25, 0.3) is 0 Å². The lowest BCUT2D eigenvalue weighted by atomic mass is 10.0. The van der Waals surface area contributed by atoms with E-state index in [9.17, 15) is 0 Å². The van der Waals surface area contributed by atoms with Crippen LogP contribution in [0.4, 0.5) is 0 Å². The van der Waals surface area contributed by atoms with Gasteiger partial charge in [-0.05, 0) is 76.5 Å². The van der Waals surface area contributed by atoms with E-state index in [1.807, 2.05) is 0 Å². The Hall–Kier alpha value is 0.0700. The molecule has 0 heterocycles. The van der Waals surface area contributed by atoms with Crippen LogP contribution in [0, 0.1) is 0 Å². The average Bonchev–Trinajstić information content (AvgIpc) is 2.20. The molecule has 0 aliphatic rings. The maximum absolute atomic E-state index is 5.99. The van der Waals surface area contributed by atoms with Gasteiger partial charge in [-0.25, -0.2) is 15.2 Å². The summed E-state index contributed by atoms with van der Waals surface area (Å²) in [6.45, 7) is 17.8. The molecular formula is C14H36N5P. The highest BCUT2D eigenvalue weighted by atomic mass is 31.2. The van der Waals surface area contributed by atoms with Gasteiger partial charge in [0, 0.05) is 17.1 Å². The fourth-order valence-electron chi connectivity index (χ4n) is 2.96. The van der Waals surface area contributed by atoms with Gasteiger partial charge in [0.2, 0.25) is 0 Å². The van der Waals surface area contributed by atoms with Crippen molar-refractivity contribution < 1.29 is 0 Å². The van der Waals surface area contributed by atoms with Gasteiger partial charge >= 0.3 is 0 Å². The Bertz CT molecular complexity index is 349. The normalized spacial score (nSPS) is 17.2. The first kappa shape index (κ1) is 20.1. The van der Waals surface area contributed by atoms with Crippen LogP contribution >= 0.6 is 7.51 Å². The fraction of sp³-hybridized carbons (Fsp3) is 1.00. The summed E-state index contributed by atoms with van der Waals surface area (Å²) < 4.78 is 7.00. The summed E-state index contributed by atoms with van der Waals surface area (Å²) >= 11 is 0. The smallest absolute Gasteiger partial charge is 0.185 e. The molecule has 0 aromatic heterocycles. The zero-order valence-electron chi connectivity index (χ0n) is 15.4. The van der Waals surface area contributed by atoms with Crippen LogP contribution in [0.25, 0.3) is 0 Å². The summed E-state index contributed by atoms with van der Waals surface area (Å²) in [6, 6.07) is 0.366. The van der Waals surface area contributed by atoms with Crippen molar-refractivity contribution in [1.82, 2.24) is 14.0 Å². The van der Waals surface area contributed by atoms with E-state index >= 15 is 0 Å². The molecule has 1 unspecified atom stereocenters. The molecule has 0 rings (SSSR count). The minimum Gasteiger partial charge on any atom is -0.251 e. The molecule has 1 atom stereocenters. The van der Waals surface area contributed by atoms with Gasteiger partial charge in [-0.3, -0.25) is 4.67 Å². The van der Waals surface area contributed by atoms with Crippen LogP contribution in [0.2, 0.25) is 0 Å². The van der Waals surface area contributed by atoms with Gasteiger partial charge in [0.05, 0.1) is 0 Å². The van der Waals surface area contributed by atoms with E-state index < -0.39 is 7.51 Å². The van der Waals surface area contributed by atoms with Crippen LogP contribution in [0.15, 0.2) is 4.85 Å². The van der Waals surface area contributed by atoms with Crippen molar-refractivity contribution in [1.29, 1.82) is 0 Å². The van der Waals surface area contributed by atoms with Crippen molar-refractivity contribution in [2.45, 2.75) is 72.5 Å². The highest BCUT2D eigenvalue weighted by molar-refractivity contribution is 7.59. The summed E-state index contributed by atoms with van der Waals surface area (Å²) in [5, 5.41) is 0. The molecule has 0 saturated carbocycles. The van der Waals surface area contributed by atoms with Gasteiger partial charge in [0.15, 0.2) is 7.51 Å². The van der Waals surface area contributed by atoms with Gasteiger partial charge < -0.3 is 0 Å². The molecule has 0 aromatic carbocycles. The van der Waals surface area contributed by atoms with Gasteiger partial charge in [-0.15, -0.1) is 0 Å². The average molecular weight is 305 g/mol. The number of hydrogen-bond acceptors (Lipinski definition) is 1. The number of rotatable bonds is 4. The van der Waals surface area contributed by atoms with Crippen LogP contribution in [0.5, 0.6) is 0 Å². The zero-order valence-corrected chi connectivity index (χ0v) is 16.3. The highest BCUT2D eigenvalue weighted by Gasteiger charge is 2.47. The Labute approximate surface area is 126 Å². The van der Waals surface area contributed by atoms with Crippen LogP contribution in [-0.4, -0.2) is 52.3 Å². The largest absolute Gasteiger partial charge is 0.251 e. The third-order valence-electron chi connectivity index (χ3n) is 3.40. The molecule has 0 saturated heterocycles. The SMILES string of the molecule is CC(C)N(C)P(=NN)(N(C)C)N(C(C)(C)C)C(C)(C)C. The molecule has 20 heavy (non-hydrogen) atoms. The maximum Gasteiger partial charge on any atom is 0.185 e. The molecule has 0 bridgehead atoms. The molecule has 0 spiro atoms. The summed E-state index contributed by atoms with van der Waals surface area (Å²) in [5.74, 6) is 5.99. The lowest BCUT2D eigenvalue weighted by Crippen LogP contribution is -2.55. The topological polar surface area (TPSA) is 48.1 Å². The van der Waals surface area contributed by atoms with E-state index in [4.69, 9.17) is 5.84 Å². The molecule has 0 aromatic rings. The maximum atomic E-state index is 5.99. The summed E-state index contributed by atoms with van der Waals surface area (Å²) in [7, 11) is 4.13. The molecule has 0 radical (unpaired) electrons. The van der Waals surface area contributed by atoms with Crippen molar-refractivity contribution in [2.75, 3.05) is 21.1 Å². The van der Waals surface area contributed by atoms with Crippen molar-refractivity contribution in [3.8, 4) is 0 Å². The standard InChI is InChI=1S/C14H36N5P/c1-12(2)18(11)20(16-15,17(9)10)19(13(3,4)5)14(6,7)8/h12H,15H2,1-11H3. The fourth-order valence-corrected chi connectivity index (χ4v) is 6.87. The Morgan fingerprint density at radius 1 is 0.900 bits per heavy atom. The second kappa shape index (κ2) is 6.45. The molecule has 0 aliphatic heterocycles. The molecule has 122 valence electrons. The van der Waals surface area contributed by atoms with Crippen LogP contribution < -0.4 is 5.84 Å². The quantitative estimate of drug-likeness (QED) is 0.490. The zero-order chi connectivity index (χ0) is 16.5. The molecular weight excluding hydrogens is 269 g/mol. The van der Waals surface area contributed by atoms with E-state index in [0.717, 1.165) is 0 Å². The third kappa shape index (κ3) is 3.83. The predicted octanol–water partition coefficient (Wildman–Crippen LogP) is 3.61. The van der Waals surface area contributed by atoms with E-state index in [2.05, 4.69) is 95.4 Å². The van der Waals surface area contributed by atoms with Gasteiger partial charge in [0.1, 0.15) is 0 Å². The first-order valence-corrected chi connectivity index (χ1v) is 8.86. The Morgan fingerprint density at radius 3 is 1.40 bits per heavy atom. The minimum absolute atomic E-state index is 0.0394. The minimum atomic E-state index is -2.15. The summed E-state index contributed by atoms with van der Waals surface area (Å²) in [6.07, 6.45) is 0. The van der Waals surface area contributed by atoms with Crippen molar-refractivity contribution in [3.05, 3.63) is 0 Å². The van der Waals surface area contributed by atoms with Gasteiger partial charge in [-0.2, -0.15) is 4.85 Å². The lowest BCUT2D eigenvalue weighted by Gasteiger charge is -2.56. The van der Waals surface area contributed by atoms with E-state index in [-0.39, 0.29) is 11.1 Å². The first-order chi connectivity index (χ1) is 8.72. The van der Waals surface area contributed by atoms with E-state index in [1.54, 1.807) is 0 Å². The molecule has 5 nitrogen and oxygen atoms in total. The van der Waals surface area contributed by atoms with Gasteiger partial charge in [-0.1, -0.05) is 0 Å². The van der Waals surface area contributed by atoms with Crippen molar-refractivity contribution in [2.24, 2.45) is 10.7 Å². The third-order valence-corrected chi connectivity index (χ3v) is 7.83. The monoisotopic (exact) mass is 305 g/mol. The second-order valence-electron chi connectivity index (χ2n) is 7.82. The van der Waals surface area contributed by atoms with Crippen molar-refractivity contribution in [3.63, 3.8) is 0 Å².